The van der Waals surface area contributed by atoms with Gasteiger partial charge in [-0.2, -0.15) is 0 Å². The number of aromatic nitrogens is 2. The molecule has 1 aliphatic rings. The molecule has 128 valence electrons. The molecule has 0 radical (unpaired) electrons. The highest BCUT2D eigenvalue weighted by Gasteiger charge is 2.28. The molecule has 1 aromatic carbocycles. The van der Waals surface area contributed by atoms with Crippen LogP contribution < -0.4 is 10.1 Å². The lowest BCUT2D eigenvalue weighted by Crippen LogP contribution is -2.13. The summed E-state index contributed by atoms with van der Waals surface area (Å²) in [6, 6.07) is 9.18. The van der Waals surface area contributed by atoms with E-state index in [0.29, 0.717) is 40.6 Å². The molecule has 0 spiro atoms. The van der Waals surface area contributed by atoms with Crippen molar-refractivity contribution in [2.45, 2.75) is 32.6 Å². The molecule has 1 N–H and O–H groups in total. The maximum absolute atomic E-state index is 12.8. The van der Waals surface area contributed by atoms with Gasteiger partial charge in [0.15, 0.2) is 0 Å². The molecule has 25 heavy (non-hydrogen) atoms. The molecule has 0 bridgehead atoms. The second-order valence-electron chi connectivity index (χ2n) is 6.23. The highest BCUT2D eigenvalue weighted by Crippen LogP contribution is 2.40. The van der Waals surface area contributed by atoms with Crippen molar-refractivity contribution in [1.29, 1.82) is 0 Å². The van der Waals surface area contributed by atoms with Crippen LogP contribution in [0.15, 0.2) is 34.9 Å². The van der Waals surface area contributed by atoms with Crippen LogP contribution in [0.3, 0.4) is 0 Å². The predicted octanol–water partition coefficient (Wildman–Crippen LogP) is 4.06. The van der Waals surface area contributed by atoms with Gasteiger partial charge in [0.2, 0.25) is 0 Å². The SMILES string of the molecule is CCOc1ccc(NC(=O)c2cc(C3CC3)nc3onc(C)c23)cc1. The number of fused-ring (bicyclic) bond motifs is 1. The molecule has 6 heteroatoms. The van der Waals surface area contributed by atoms with Gasteiger partial charge in [0.05, 0.1) is 23.3 Å². The van der Waals surface area contributed by atoms with Crippen LogP contribution in [-0.4, -0.2) is 22.7 Å². The van der Waals surface area contributed by atoms with E-state index in [1.165, 1.54) is 0 Å². The smallest absolute Gasteiger partial charge is 0.259 e. The normalized spacial score (nSPS) is 13.8. The van der Waals surface area contributed by atoms with Crippen molar-refractivity contribution in [3.05, 3.63) is 47.3 Å². The molecule has 2 aromatic heterocycles. The van der Waals surface area contributed by atoms with Gasteiger partial charge >= 0.3 is 0 Å². The van der Waals surface area contributed by atoms with Crippen molar-refractivity contribution in [3.63, 3.8) is 0 Å². The highest BCUT2D eigenvalue weighted by atomic mass is 16.5. The third-order valence-electron chi connectivity index (χ3n) is 4.30. The molecule has 2 heterocycles. The van der Waals surface area contributed by atoms with E-state index in [0.717, 1.165) is 24.3 Å². The Labute approximate surface area is 145 Å². The summed E-state index contributed by atoms with van der Waals surface area (Å²) < 4.78 is 10.7. The first-order chi connectivity index (χ1) is 12.2. The average molecular weight is 337 g/mol. The number of anilines is 1. The van der Waals surface area contributed by atoms with Gasteiger partial charge in [0.1, 0.15) is 5.75 Å². The van der Waals surface area contributed by atoms with Gasteiger partial charge in [0.25, 0.3) is 11.6 Å². The van der Waals surface area contributed by atoms with E-state index in [1.807, 2.05) is 44.2 Å². The minimum atomic E-state index is -0.190. The van der Waals surface area contributed by atoms with Crippen LogP contribution in [0.1, 0.15) is 47.4 Å². The first kappa shape index (κ1) is 15.6. The van der Waals surface area contributed by atoms with Gasteiger partial charge in [-0.15, -0.1) is 0 Å². The number of pyridine rings is 1. The van der Waals surface area contributed by atoms with E-state index in [1.54, 1.807) is 0 Å². The summed E-state index contributed by atoms with van der Waals surface area (Å²) in [4.78, 5) is 17.4. The van der Waals surface area contributed by atoms with Gasteiger partial charge in [-0.25, -0.2) is 4.98 Å². The maximum Gasteiger partial charge on any atom is 0.259 e. The molecule has 1 amide bonds. The number of carbonyl (C=O) groups is 1. The van der Waals surface area contributed by atoms with Gasteiger partial charge in [-0.1, -0.05) is 5.16 Å². The Hall–Kier alpha value is -2.89. The van der Waals surface area contributed by atoms with Gasteiger partial charge < -0.3 is 14.6 Å². The van der Waals surface area contributed by atoms with E-state index >= 15 is 0 Å². The second-order valence-corrected chi connectivity index (χ2v) is 6.23. The maximum atomic E-state index is 12.8. The fourth-order valence-electron chi connectivity index (χ4n) is 2.88. The lowest BCUT2D eigenvalue weighted by Gasteiger charge is -2.09. The van der Waals surface area contributed by atoms with Crippen molar-refractivity contribution < 1.29 is 14.1 Å². The summed E-state index contributed by atoms with van der Waals surface area (Å²) >= 11 is 0. The Morgan fingerprint density at radius 2 is 2.08 bits per heavy atom. The van der Waals surface area contributed by atoms with Gasteiger partial charge in [0, 0.05) is 17.3 Å². The Morgan fingerprint density at radius 1 is 1.32 bits per heavy atom. The highest BCUT2D eigenvalue weighted by molar-refractivity contribution is 6.12. The van der Waals surface area contributed by atoms with E-state index in [-0.39, 0.29) is 5.91 Å². The van der Waals surface area contributed by atoms with E-state index < -0.39 is 0 Å². The Kier molecular flexibility index (Phi) is 3.87. The standard InChI is InChI=1S/C19H19N3O3/c1-3-24-14-8-6-13(7-9-14)20-18(23)15-10-16(12-4-5-12)21-19-17(15)11(2)22-25-19/h6-10,12H,3-5H2,1-2H3,(H,20,23). The summed E-state index contributed by atoms with van der Waals surface area (Å²) in [6.45, 7) is 4.36. The number of carbonyl (C=O) groups excluding carboxylic acids is 1. The summed E-state index contributed by atoms with van der Waals surface area (Å²) in [5.41, 5.74) is 3.26. The van der Waals surface area contributed by atoms with Crippen LogP contribution in [-0.2, 0) is 0 Å². The lowest BCUT2D eigenvalue weighted by atomic mass is 10.1. The Bertz CT molecular complexity index is 927. The Morgan fingerprint density at radius 3 is 2.76 bits per heavy atom. The average Bonchev–Trinajstić information content (AvgIpc) is 3.40. The summed E-state index contributed by atoms with van der Waals surface area (Å²) in [7, 11) is 0. The molecule has 3 aromatic rings. The number of hydrogen-bond acceptors (Lipinski definition) is 5. The minimum absolute atomic E-state index is 0.190. The quantitative estimate of drug-likeness (QED) is 0.759. The first-order valence-corrected chi connectivity index (χ1v) is 8.47. The van der Waals surface area contributed by atoms with E-state index in [2.05, 4.69) is 15.5 Å². The van der Waals surface area contributed by atoms with E-state index in [9.17, 15) is 4.79 Å². The second kappa shape index (κ2) is 6.20. The number of benzene rings is 1. The fraction of sp³-hybridized carbons (Fsp3) is 0.316. The van der Waals surface area contributed by atoms with E-state index in [4.69, 9.17) is 9.26 Å². The molecule has 0 unspecified atom stereocenters. The molecular weight excluding hydrogens is 318 g/mol. The summed E-state index contributed by atoms with van der Waals surface area (Å²) in [5.74, 6) is 1.01. The van der Waals surface area contributed by atoms with Gasteiger partial charge in [-0.3, -0.25) is 4.79 Å². The van der Waals surface area contributed by atoms with Crippen LogP contribution in [0, 0.1) is 6.92 Å². The zero-order valence-electron chi connectivity index (χ0n) is 14.2. The third-order valence-corrected chi connectivity index (χ3v) is 4.30. The zero-order chi connectivity index (χ0) is 17.4. The van der Waals surface area contributed by atoms with Crippen molar-refractivity contribution >= 4 is 22.7 Å². The number of rotatable bonds is 5. The lowest BCUT2D eigenvalue weighted by molar-refractivity contribution is 0.102. The monoisotopic (exact) mass is 337 g/mol. The van der Waals surface area contributed by atoms with Crippen molar-refractivity contribution in [2.75, 3.05) is 11.9 Å². The first-order valence-electron chi connectivity index (χ1n) is 8.47. The van der Waals surface area contributed by atoms with Crippen LogP contribution in [0.2, 0.25) is 0 Å². The fourth-order valence-corrected chi connectivity index (χ4v) is 2.88. The number of nitrogens with one attached hydrogen (secondary N) is 1. The van der Waals surface area contributed by atoms with Crippen LogP contribution in [0.25, 0.3) is 11.1 Å². The molecule has 1 saturated carbocycles. The molecule has 6 nitrogen and oxygen atoms in total. The molecule has 4 rings (SSSR count). The zero-order valence-corrected chi connectivity index (χ0v) is 14.2. The minimum Gasteiger partial charge on any atom is -0.494 e. The molecule has 0 atom stereocenters. The Balaban J connectivity index is 1.65. The summed E-state index contributed by atoms with van der Waals surface area (Å²) in [6.07, 6.45) is 2.21. The number of aryl methyl sites for hydroxylation is 1. The molecule has 0 saturated heterocycles. The van der Waals surface area contributed by atoms with Crippen molar-refractivity contribution in [3.8, 4) is 5.75 Å². The topological polar surface area (TPSA) is 77.2 Å². The van der Waals surface area contributed by atoms with Crippen LogP contribution >= 0.6 is 0 Å². The largest absolute Gasteiger partial charge is 0.494 e. The van der Waals surface area contributed by atoms with Crippen molar-refractivity contribution in [1.82, 2.24) is 10.1 Å². The third kappa shape index (κ3) is 3.07. The number of ether oxygens (including phenoxy) is 1. The predicted molar refractivity (Wildman–Crippen MR) is 94.1 cm³/mol. The number of hydrogen-bond donors (Lipinski definition) is 1. The summed E-state index contributed by atoms with van der Waals surface area (Å²) in [5, 5.41) is 7.57. The molecule has 1 aliphatic carbocycles. The van der Waals surface area contributed by atoms with Crippen LogP contribution in [0.5, 0.6) is 5.75 Å². The number of nitrogens with zero attached hydrogens (tertiary/aromatic N) is 2. The van der Waals surface area contributed by atoms with Crippen LogP contribution in [0.4, 0.5) is 5.69 Å². The molecular formula is C19H19N3O3. The molecule has 1 fully saturated rings. The van der Waals surface area contributed by atoms with Crippen molar-refractivity contribution in [2.24, 2.45) is 0 Å². The number of amides is 1. The molecule has 0 aliphatic heterocycles. The van der Waals surface area contributed by atoms with Gasteiger partial charge in [-0.05, 0) is 57.0 Å².